The summed E-state index contributed by atoms with van der Waals surface area (Å²) in [4.78, 5) is 4.12. The van der Waals surface area contributed by atoms with Gasteiger partial charge in [-0.3, -0.25) is 0 Å². The molecule has 0 fully saturated rings. The Morgan fingerprint density at radius 1 is 1.33 bits per heavy atom. The molecule has 4 nitrogen and oxygen atoms in total. The summed E-state index contributed by atoms with van der Waals surface area (Å²) in [5.74, 6) is 0.436. The van der Waals surface area contributed by atoms with Crippen molar-refractivity contribution in [3.8, 4) is 5.75 Å². The molecule has 0 atom stereocenters. The van der Waals surface area contributed by atoms with Crippen LogP contribution in [0.1, 0.15) is 13.3 Å². The van der Waals surface area contributed by atoms with E-state index in [9.17, 15) is 8.42 Å². The minimum absolute atomic E-state index is 0.0231. The van der Waals surface area contributed by atoms with E-state index in [-0.39, 0.29) is 10.0 Å². The molecule has 0 aliphatic heterocycles. The van der Waals surface area contributed by atoms with Gasteiger partial charge in [0.15, 0.2) is 0 Å². The van der Waals surface area contributed by atoms with E-state index in [1.54, 1.807) is 6.07 Å². The second-order valence-electron chi connectivity index (χ2n) is 4.42. The van der Waals surface area contributed by atoms with Gasteiger partial charge in [0.1, 0.15) is 23.0 Å². The number of rotatable bonds is 5. The van der Waals surface area contributed by atoms with Crippen molar-refractivity contribution in [2.45, 2.75) is 18.2 Å². The highest BCUT2D eigenvalue weighted by molar-refractivity contribution is 8.14. The Morgan fingerprint density at radius 2 is 2.05 bits per heavy atom. The van der Waals surface area contributed by atoms with Crippen molar-refractivity contribution < 1.29 is 13.2 Å². The molecule has 2 rings (SSSR count). The molecule has 0 spiro atoms. The van der Waals surface area contributed by atoms with Crippen LogP contribution in [-0.4, -0.2) is 20.0 Å². The number of aromatic nitrogens is 1. The molecule has 1 heterocycles. The minimum atomic E-state index is -3.88. The van der Waals surface area contributed by atoms with Gasteiger partial charge < -0.3 is 4.74 Å². The Labute approximate surface area is 132 Å². The average molecular weight is 346 g/mol. The lowest BCUT2D eigenvalue weighted by Gasteiger charge is -2.11. The molecule has 21 heavy (non-hydrogen) atoms. The summed E-state index contributed by atoms with van der Waals surface area (Å²) in [7, 11) is 1.56. The van der Waals surface area contributed by atoms with Crippen LogP contribution in [0.2, 0.25) is 5.15 Å². The van der Waals surface area contributed by atoms with Crippen LogP contribution in [0.4, 0.5) is 0 Å². The molecule has 0 saturated heterocycles. The molecule has 2 aromatic rings. The fourth-order valence-corrected chi connectivity index (χ4v) is 2.96. The molecule has 0 amide bonds. The van der Waals surface area contributed by atoms with Gasteiger partial charge in [0.05, 0.1) is 4.90 Å². The number of ether oxygens (including phenoxy) is 1. The van der Waals surface area contributed by atoms with E-state index in [2.05, 4.69) is 11.6 Å². The third kappa shape index (κ3) is 3.67. The van der Waals surface area contributed by atoms with Gasteiger partial charge in [0.2, 0.25) is 0 Å². The minimum Gasteiger partial charge on any atom is -0.487 e. The van der Waals surface area contributed by atoms with Crippen molar-refractivity contribution in [3.63, 3.8) is 0 Å². The standard InChI is InChI=1S/C14H13Cl2NO3S/c1-3-9(2)8-20-11-5-6-12(21(16,18)19)10-4-7-13(15)17-14(10)11/h4-7H,2-3,8H2,1H3. The van der Waals surface area contributed by atoms with Gasteiger partial charge >= 0.3 is 0 Å². The van der Waals surface area contributed by atoms with Gasteiger partial charge in [-0.05, 0) is 36.3 Å². The number of pyridine rings is 1. The number of benzene rings is 1. The SMILES string of the molecule is C=C(CC)COc1ccc(S(=O)(=O)Cl)c2ccc(Cl)nc12. The van der Waals surface area contributed by atoms with Crippen LogP contribution >= 0.6 is 22.3 Å². The van der Waals surface area contributed by atoms with Crippen LogP contribution in [0.5, 0.6) is 5.75 Å². The van der Waals surface area contributed by atoms with Crippen LogP contribution in [0, 0.1) is 0 Å². The van der Waals surface area contributed by atoms with Crippen LogP contribution in [0.25, 0.3) is 10.9 Å². The summed E-state index contributed by atoms with van der Waals surface area (Å²) in [5.41, 5.74) is 1.27. The van der Waals surface area contributed by atoms with Gasteiger partial charge in [-0.2, -0.15) is 0 Å². The van der Waals surface area contributed by atoms with Crippen molar-refractivity contribution in [2.75, 3.05) is 6.61 Å². The second-order valence-corrected chi connectivity index (χ2v) is 7.34. The van der Waals surface area contributed by atoms with E-state index in [4.69, 9.17) is 27.0 Å². The Balaban J connectivity index is 2.58. The molecule has 1 aromatic carbocycles. The fraction of sp³-hybridized carbons (Fsp3) is 0.214. The number of nitrogens with zero attached hydrogens (tertiary/aromatic N) is 1. The van der Waals surface area contributed by atoms with Crippen molar-refractivity contribution in [1.29, 1.82) is 0 Å². The molecule has 0 bridgehead atoms. The molecule has 1 aromatic heterocycles. The highest BCUT2D eigenvalue weighted by atomic mass is 35.7. The van der Waals surface area contributed by atoms with Crippen molar-refractivity contribution in [2.24, 2.45) is 0 Å². The summed E-state index contributed by atoms with van der Waals surface area (Å²) in [6, 6.07) is 5.97. The lowest BCUT2D eigenvalue weighted by Crippen LogP contribution is -2.02. The molecule has 7 heteroatoms. The molecule has 0 radical (unpaired) electrons. The average Bonchev–Trinajstić information content (AvgIpc) is 2.42. The second kappa shape index (κ2) is 6.22. The van der Waals surface area contributed by atoms with Crippen LogP contribution in [0.3, 0.4) is 0 Å². The van der Waals surface area contributed by atoms with Gasteiger partial charge in [-0.1, -0.05) is 25.1 Å². The van der Waals surface area contributed by atoms with Gasteiger partial charge in [0.25, 0.3) is 9.05 Å². The summed E-state index contributed by atoms with van der Waals surface area (Å²) in [6.45, 7) is 6.15. The summed E-state index contributed by atoms with van der Waals surface area (Å²) >= 11 is 5.88. The zero-order valence-corrected chi connectivity index (χ0v) is 13.6. The van der Waals surface area contributed by atoms with Crippen LogP contribution in [0.15, 0.2) is 41.3 Å². The normalized spacial score (nSPS) is 11.6. The maximum absolute atomic E-state index is 11.6. The number of fused-ring (bicyclic) bond motifs is 1. The topological polar surface area (TPSA) is 56.3 Å². The molecule has 112 valence electrons. The van der Waals surface area contributed by atoms with E-state index in [0.717, 1.165) is 12.0 Å². The molecule has 0 aliphatic carbocycles. The fourth-order valence-electron chi connectivity index (χ4n) is 1.75. The first kappa shape index (κ1) is 16.1. The van der Waals surface area contributed by atoms with E-state index >= 15 is 0 Å². The first-order chi connectivity index (χ1) is 9.82. The molecule has 0 N–H and O–H groups in total. The lowest BCUT2D eigenvalue weighted by molar-refractivity contribution is 0.352. The molecule has 0 aliphatic rings. The van der Waals surface area contributed by atoms with E-state index in [1.165, 1.54) is 18.2 Å². The van der Waals surface area contributed by atoms with Gasteiger partial charge in [-0.25, -0.2) is 13.4 Å². The largest absolute Gasteiger partial charge is 0.487 e. The maximum Gasteiger partial charge on any atom is 0.261 e. The molecule has 0 unspecified atom stereocenters. The molecular weight excluding hydrogens is 333 g/mol. The van der Waals surface area contributed by atoms with Crippen molar-refractivity contribution >= 4 is 42.2 Å². The Morgan fingerprint density at radius 3 is 2.67 bits per heavy atom. The molecular formula is C14H13Cl2NO3S. The zero-order valence-electron chi connectivity index (χ0n) is 11.3. The predicted molar refractivity (Wildman–Crippen MR) is 84.7 cm³/mol. The van der Waals surface area contributed by atoms with Gasteiger partial charge in [-0.15, -0.1) is 0 Å². The third-order valence-electron chi connectivity index (χ3n) is 2.94. The van der Waals surface area contributed by atoms with E-state index in [1.807, 2.05) is 6.92 Å². The van der Waals surface area contributed by atoms with Crippen LogP contribution in [-0.2, 0) is 9.05 Å². The summed E-state index contributed by atoms with van der Waals surface area (Å²) in [6.07, 6.45) is 0.792. The zero-order chi connectivity index (χ0) is 15.6. The number of hydrogen-bond donors (Lipinski definition) is 0. The Hall–Kier alpha value is -1.30. The highest BCUT2D eigenvalue weighted by Crippen LogP contribution is 2.32. The molecule has 0 saturated carbocycles. The third-order valence-corrected chi connectivity index (χ3v) is 4.53. The smallest absolute Gasteiger partial charge is 0.261 e. The van der Waals surface area contributed by atoms with Gasteiger partial charge in [0, 0.05) is 16.1 Å². The van der Waals surface area contributed by atoms with Crippen molar-refractivity contribution in [1.82, 2.24) is 4.98 Å². The quantitative estimate of drug-likeness (QED) is 0.463. The summed E-state index contributed by atoms with van der Waals surface area (Å²) in [5, 5.41) is 0.611. The summed E-state index contributed by atoms with van der Waals surface area (Å²) < 4.78 is 28.8. The lowest BCUT2D eigenvalue weighted by atomic mass is 10.2. The van der Waals surface area contributed by atoms with E-state index < -0.39 is 9.05 Å². The predicted octanol–water partition coefficient (Wildman–Crippen LogP) is 4.16. The Bertz CT molecular complexity index is 803. The maximum atomic E-state index is 11.6. The van der Waals surface area contributed by atoms with Crippen molar-refractivity contribution in [3.05, 3.63) is 41.6 Å². The number of hydrogen-bond acceptors (Lipinski definition) is 4. The number of halogens is 2. The monoisotopic (exact) mass is 345 g/mol. The van der Waals surface area contributed by atoms with E-state index in [0.29, 0.717) is 23.3 Å². The Kier molecular flexibility index (Phi) is 4.76. The first-order valence-corrected chi connectivity index (χ1v) is 8.85. The highest BCUT2D eigenvalue weighted by Gasteiger charge is 2.18. The first-order valence-electron chi connectivity index (χ1n) is 6.16. The van der Waals surface area contributed by atoms with Crippen LogP contribution < -0.4 is 4.74 Å².